The van der Waals surface area contributed by atoms with Crippen LogP contribution in [0.5, 0.6) is 5.75 Å². The highest BCUT2D eigenvalue weighted by Gasteiger charge is 2.13. The first kappa shape index (κ1) is 15.6. The maximum Gasteiger partial charge on any atom is 0.341 e. The number of benzene rings is 1. The standard InChI is InChI=1S/C15H17N3O4/c1-10(17-15(21)13-7-18(2)9-16-13)11-3-5-12(6-4-11)22-8-14(19)20/h3-7,9-10H,8H2,1-2H3,(H,17,21)(H,19,20). The third-order valence-corrected chi connectivity index (χ3v) is 3.03. The van der Waals surface area contributed by atoms with E-state index in [1.807, 2.05) is 6.92 Å². The smallest absolute Gasteiger partial charge is 0.341 e. The van der Waals surface area contributed by atoms with E-state index in [1.165, 1.54) is 0 Å². The van der Waals surface area contributed by atoms with Gasteiger partial charge in [0.05, 0.1) is 12.4 Å². The minimum atomic E-state index is -1.03. The van der Waals surface area contributed by atoms with Crippen LogP contribution < -0.4 is 10.1 Å². The third kappa shape index (κ3) is 4.08. The zero-order valence-corrected chi connectivity index (χ0v) is 12.3. The first-order chi connectivity index (χ1) is 10.5. The molecule has 22 heavy (non-hydrogen) atoms. The number of carboxylic acid groups (broad SMARTS) is 1. The van der Waals surface area contributed by atoms with Crippen molar-refractivity contribution in [2.75, 3.05) is 6.61 Å². The molecule has 0 aliphatic carbocycles. The molecule has 1 atom stereocenters. The Morgan fingerprint density at radius 1 is 1.36 bits per heavy atom. The average Bonchev–Trinajstić information content (AvgIpc) is 2.92. The predicted molar refractivity (Wildman–Crippen MR) is 78.7 cm³/mol. The Kier molecular flexibility index (Phi) is 4.77. The van der Waals surface area contributed by atoms with Crippen LogP contribution in [0.15, 0.2) is 36.8 Å². The molecule has 0 radical (unpaired) electrons. The quantitative estimate of drug-likeness (QED) is 0.840. The number of carbonyl (C=O) groups excluding carboxylic acids is 1. The van der Waals surface area contributed by atoms with Gasteiger partial charge in [-0.25, -0.2) is 9.78 Å². The maximum absolute atomic E-state index is 12.0. The lowest BCUT2D eigenvalue weighted by Gasteiger charge is -2.14. The van der Waals surface area contributed by atoms with Gasteiger partial charge in [-0.05, 0) is 24.6 Å². The first-order valence-corrected chi connectivity index (χ1v) is 6.69. The molecular weight excluding hydrogens is 286 g/mol. The summed E-state index contributed by atoms with van der Waals surface area (Å²) in [6, 6.07) is 6.69. The molecule has 1 heterocycles. The van der Waals surface area contributed by atoms with Crippen LogP contribution in [0.2, 0.25) is 0 Å². The summed E-state index contributed by atoms with van der Waals surface area (Å²) in [5.74, 6) is -0.811. The van der Waals surface area contributed by atoms with Crippen molar-refractivity contribution in [1.82, 2.24) is 14.9 Å². The van der Waals surface area contributed by atoms with Crippen LogP contribution >= 0.6 is 0 Å². The molecule has 7 heteroatoms. The van der Waals surface area contributed by atoms with Crippen LogP contribution in [0.25, 0.3) is 0 Å². The summed E-state index contributed by atoms with van der Waals surface area (Å²) < 4.78 is 6.76. The summed E-state index contributed by atoms with van der Waals surface area (Å²) in [4.78, 5) is 26.4. The third-order valence-electron chi connectivity index (χ3n) is 3.03. The lowest BCUT2D eigenvalue weighted by Crippen LogP contribution is -2.26. The number of nitrogens with zero attached hydrogens (tertiary/aromatic N) is 2. The molecule has 0 bridgehead atoms. The molecule has 1 aromatic carbocycles. The molecule has 1 amide bonds. The molecule has 0 saturated carbocycles. The Hall–Kier alpha value is -2.83. The topological polar surface area (TPSA) is 93.5 Å². The molecule has 2 aromatic rings. The van der Waals surface area contributed by atoms with E-state index in [0.717, 1.165) is 5.56 Å². The van der Waals surface area contributed by atoms with E-state index in [4.69, 9.17) is 9.84 Å². The summed E-state index contributed by atoms with van der Waals surface area (Å²) in [5, 5.41) is 11.4. The fraction of sp³-hybridized carbons (Fsp3) is 0.267. The summed E-state index contributed by atoms with van der Waals surface area (Å²) in [6.45, 7) is 1.47. The summed E-state index contributed by atoms with van der Waals surface area (Å²) in [6.07, 6.45) is 3.21. The zero-order chi connectivity index (χ0) is 16.1. The molecule has 0 saturated heterocycles. The molecule has 7 nitrogen and oxygen atoms in total. The van der Waals surface area contributed by atoms with Crippen molar-refractivity contribution in [2.45, 2.75) is 13.0 Å². The van der Waals surface area contributed by atoms with Crippen molar-refractivity contribution in [3.8, 4) is 5.75 Å². The van der Waals surface area contributed by atoms with E-state index < -0.39 is 5.97 Å². The van der Waals surface area contributed by atoms with Crippen LogP contribution in [0, 0.1) is 0 Å². The second-order valence-corrected chi connectivity index (χ2v) is 4.87. The van der Waals surface area contributed by atoms with Gasteiger partial charge >= 0.3 is 5.97 Å². The highest BCUT2D eigenvalue weighted by molar-refractivity contribution is 5.92. The number of carbonyl (C=O) groups is 2. The van der Waals surface area contributed by atoms with E-state index in [0.29, 0.717) is 11.4 Å². The Balaban J connectivity index is 1.96. The van der Waals surface area contributed by atoms with Gasteiger partial charge in [-0.1, -0.05) is 12.1 Å². The van der Waals surface area contributed by atoms with Crippen LogP contribution in [0.3, 0.4) is 0 Å². The summed E-state index contributed by atoms with van der Waals surface area (Å²) in [7, 11) is 1.79. The van der Waals surface area contributed by atoms with Gasteiger partial charge in [0.25, 0.3) is 5.91 Å². The lowest BCUT2D eigenvalue weighted by molar-refractivity contribution is -0.139. The van der Waals surface area contributed by atoms with Crippen molar-refractivity contribution in [3.05, 3.63) is 48.0 Å². The number of nitrogens with one attached hydrogen (secondary N) is 1. The van der Waals surface area contributed by atoms with Gasteiger partial charge in [0, 0.05) is 13.2 Å². The number of aromatic nitrogens is 2. The Morgan fingerprint density at radius 2 is 2.05 bits per heavy atom. The normalized spacial score (nSPS) is 11.7. The van der Waals surface area contributed by atoms with Crippen molar-refractivity contribution < 1.29 is 19.4 Å². The van der Waals surface area contributed by atoms with E-state index in [2.05, 4.69) is 10.3 Å². The number of hydrogen-bond donors (Lipinski definition) is 2. The van der Waals surface area contributed by atoms with Crippen LogP contribution in [-0.4, -0.2) is 33.1 Å². The Bertz CT molecular complexity index is 664. The van der Waals surface area contributed by atoms with Gasteiger partial charge in [-0.2, -0.15) is 0 Å². The second kappa shape index (κ2) is 6.75. The maximum atomic E-state index is 12.0. The Labute approximate surface area is 127 Å². The van der Waals surface area contributed by atoms with Gasteiger partial charge in [0.2, 0.25) is 0 Å². The van der Waals surface area contributed by atoms with Gasteiger partial charge in [0.1, 0.15) is 11.4 Å². The molecule has 116 valence electrons. The summed E-state index contributed by atoms with van der Waals surface area (Å²) in [5.41, 5.74) is 1.24. The van der Waals surface area contributed by atoms with E-state index in [1.54, 1.807) is 48.4 Å². The molecule has 2 N–H and O–H groups in total. The average molecular weight is 303 g/mol. The molecular formula is C15H17N3O4. The molecule has 1 aromatic heterocycles. The number of carboxylic acids is 1. The SMILES string of the molecule is CC(NC(=O)c1cn(C)cn1)c1ccc(OCC(=O)O)cc1. The molecule has 0 fully saturated rings. The predicted octanol–water partition coefficient (Wildman–Crippen LogP) is 1.37. The van der Waals surface area contributed by atoms with Crippen LogP contribution in [0.4, 0.5) is 0 Å². The van der Waals surface area contributed by atoms with Crippen molar-refractivity contribution in [1.29, 1.82) is 0 Å². The van der Waals surface area contributed by atoms with Crippen molar-refractivity contribution >= 4 is 11.9 Å². The minimum Gasteiger partial charge on any atom is -0.482 e. The Morgan fingerprint density at radius 3 is 2.59 bits per heavy atom. The largest absolute Gasteiger partial charge is 0.482 e. The second-order valence-electron chi connectivity index (χ2n) is 4.87. The number of amides is 1. The van der Waals surface area contributed by atoms with Gasteiger partial charge in [-0.15, -0.1) is 0 Å². The van der Waals surface area contributed by atoms with E-state index >= 15 is 0 Å². The molecule has 0 aliphatic rings. The number of rotatable bonds is 6. The highest BCUT2D eigenvalue weighted by Crippen LogP contribution is 2.18. The van der Waals surface area contributed by atoms with Crippen molar-refractivity contribution in [2.24, 2.45) is 7.05 Å². The molecule has 1 unspecified atom stereocenters. The number of hydrogen-bond acceptors (Lipinski definition) is 4. The molecule has 2 rings (SSSR count). The van der Waals surface area contributed by atoms with Gasteiger partial charge < -0.3 is 19.7 Å². The minimum absolute atomic E-state index is 0.206. The summed E-state index contributed by atoms with van der Waals surface area (Å²) >= 11 is 0. The number of aryl methyl sites for hydroxylation is 1. The fourth-order valence-corrected chi connectivity index (χ4v) is 1.88. The zero-order valence-electron chi connectivity index (χ0n) is 12.3. The molecule has 0 spiro atoms. The monoisotopic (exact) mass is 303 g/mol. The lowest BCUT2D eigenvalue weighted by atomic mass is 10.1. The van der Waals surface area contributed by atoms with Crippen molar-refractivity contribution in [3.63, 3.8) is 0 Å². The van der Waals surface area contributed by atoms with Crippen LogP contribution in [0.1, 0.15) is 29.0 Å². The molecule has 0 aliphatic heterocycles. The number of aliphatic carboxylic acids is 1. The number of ether oxygens (including phenoxy) is 1. The van der Waals surface area contributed by atoms with E-state index in [-0.39, 0.29) is 18.6 Å². The van der Waals surface area contributed by atoms with Crippen LogP contribution in [-0.2, 0) is 11.8 Å². The van der Waals surface area contributed by atoms with Gasteiger partial charge in [0.15, 0.2) is 6.61 Å². The first-order valence-electron chi connectivity index (χ1n) is 6.69. The van der Waals surface area contributed by atoms with Gasteiger partial charge in [-0.3, -0.25) is 4.79 Å². The van der Waals surface area contributed by atoms with E-state index in [9.17, 15) is 9.59 Å². The fourth-order valence-electron chi connectivity index (χ4n) is 1.88. The number of imidazole rings is 1. The highest BCUT2D eigenvalue weighted by atomic mass is 16.5.